The van der Waals surface area contributed by atoms with E-state index in [0.717, 1.165) is 22.8 Å². The van der Waals surface area contributed by atoms with Gasteiger partial charge in [-0.3, -0.25) is 4.98 Å². The predicted octanol–water partition coefficient (Wildman–Crippen LogP) is 2.58. The summed E-state index contributed by atoms with van der Waals surface area (Å²) in [5.41, 5.74) is 9.59. The minimum atomic E-state index is 0.690. The lowest BCUT2D eigenvalue weighted by Crippen LogP contribution is -2.04. The SMILES string of the molecule is Cc1cccc(CNc2ccccc2N)n1. The molecule has 0 saturated heterocycles. The van der Waals surface area contributed by atoms with Crippen LogP contribution < -0.4 is 11.1 Å². The van der Waals surface area contributed by atoms with Gasteiger partial charge in [-0.25, -0.2) is 0 Å². The lowest BCUT2D eigenvalue weighted by atomic mass is 10.2. The molecule has 1 heterocycles. The Bertz CT molecular complexity index is 480. The summed E-state index contributed by atoms with van der Waals surface area (Å²) in [7, 11) is 0. The van der Waals surface area contributed by atoms with Crippen LogP contribution in [0.1, 0.15) is 11.4 Å². The largest absolute Gasteiger partial charge is 0.397 e. The van der Waals surface area contributed by atoms with Gasteiger partial charge in [0.25, 0.3) is 0 Å². The van der Waals surface area contributed by atoms with Crippen molar-refractivity contribution < 1.29 is 0 Å². The fourth-order valence-corrected chi connectivity index (χ4v) is 1.54. The average Bonchev–Trinajstić information content (AvgIpc) is 2.28. The summed E-state index contributed by atoms with van der Waals surface area (Å²) in [4.78, 5) is 4.41. The maximum absolute atomic E-state index is 5.83. The third-order valence-corrected chi connectivity index (χ3v) is 2.37. The summed E-state index contributed by atoms with van der Waals surface area (Å²) in [5, 5.41) is 3.27. The summed E-state index contributed by atoms with van der Waals surface area (Å²) in [6.45, 7) is 2.68. The van der Waals surface area contributed by atoms with E-state index in [1.807, 2.05) is 49.4 Å². The maximum atomic E-state index is 5.83. The van der Waals surface area contributed by atoms with Gasteiger partial charge in [0.15, 0.2) is 0 Å². The van der Waals surface area contributed by atoms with Crippen LogP contribution in [-0.2, 0) is 6.54 Å². The number of aryl methyl sites for hydroxylation is 1. The molecule has 2 rings (SSSR count). The zero-order valence-corrected chi connectivity index (χ0v) is 9.27. The normalized spacial score (nSPS) is 10.1. The zero-order valence-electron chi connectivity index (χ0n) is 9.27. The van der Waals surface area contributed by atoms with Gasteiger partial charge in [-0.1, -0.05) is 18.2 Å². The van der Waals surface area contributed by atoms with Crippen molar-refractivity contribution in [3.05, 3.63) is 53.9 Å². The van der Waals surface area contributed by atoms with E-state index in [2.05, 4.69) is 10.3 Å². The van der Waals surface area contributed by atoms with Crippen molar-refractivity contribution >= 4 is 11.4 Å². The van der Waals surface area contributed by atoms with Crippen LogP contribution in [-0.4, -0.2) is 4.98 Å². The molecule has 16 heavy (non-hydrogen) atoms. The summed E-state index contributed by atoms with van der Waals surface area (Å²) in [6, 6.07) is 13.7. The van der Waals surface area contributed by atoms with E-state index in [9.17, 15) is 0 Å². The molecule has 0 aliphatic heterocycles. The highest BCUT2D eigenvalue weighted by atomic mass is 14.9. The number of nitrogen functional groups attached to an aromatic ring is 1. The van der Waals surface area contributed by atoms with Gasteiger partial charge in [-0.15, -0.1) is 0 Å². The van der Waals surface area contributed by atoms with Crippen molar-refractivity contribution in [1.82, 2.24) is 4.98 Å². The van der Waals surface area contributed by atoms with Gasteiger partial charge in [-0.2, -0.15) is 0 Å². The Kier molecular flexibility index (Phi) is 3.05. The molecule has 3 nitrogen and oxygen atoms in total. The van der Waals surface area contributed by atoms with E-state index in [1.165, 1.54) is 0 Å². The Morgan fingerprint density at radius 2 is 1.94 bits per heavy atom. The minimum Gasteiger partial charge on any atom is -0.397 e. The molecule has 3 heteroatoms. The number of pyridine rings is 1. The molecule has 0 fully saturated rings. The van der Waals surface area contributed by atoms with E-state index in [4.69, 9.17) is 5.73 Å². The molecule has 0 amide bonds. The Morgan fingerprint density at radius 1 is 1.12 bits per heavy atom. The molecule has 0 saturated carbocycles. The highest BCUT2D eigenvalue weighted by molar-refractivity contribution is 5.65. The fourth-order valence-electron chi connectivity index (χ4n) is 1.54. The van der Waals surface area contributed by atoms with Crippen molar-refractivity contribution in [2.24, 2.45) is 0 Å². The van der Waals surface area contributed by atoms with Gasteiger partial charge in [0.05, 0.1) is 23.6 Å². The number of anilines is 2. The average molecular weight is 213 g/mol. The van der Waals surface area contributed by atoms with Crippen LogP contribution in [0.4, 0.5) is 11.4 Å². The van der Waals surface area contributed by atoms with Crippen LogP contribution in [0.2, 0.25) is 0 Å². The first-order valence-electron chi connectivity index (χ1n) is 5.26. The number of hydrogen-bond acceptors (Lipinski definition) is 3. The van der Waals surface area contributed by atoms with Crippen LogP contribution >= 0.6 is 0 Å². The van der Waals surface area contributed by atoms with Crippen LogP contribution in [0, 0.1) is 6.92 Å². The van der Waals surface area contributed by atoms with Gasteiger partial charge < -0.3 is 11.1 Å². The van der Waals surface area contributed by atoms with Gasteiger partial charge in [0.2, 0.25) is 0 Å². The number of rotatable bonds is 3. The molecule has 0 unspecified atom stereocenters. The van der Waals surface area contributed by atoms with Gasteiger partial charge in [0.1, 0.15) is 0 Å². The smallest absolute Gasteiger partial charge is 0.0597 e. The van der Waals surface area contributed by atoms with E-state index in [1.54, 1.807) is 0 Å². The quantitative estimate of drug-likeness (QED) is 0.770. The van der Waals surface area contributed by atoms with Crippen molar-refractivity contribution in [2.45, 2.75) is 13.5 Å². The highest BCUT2D eigenvalue weighted by Crippen LogP contribution is 2.17. The summed E-state index contributed by atoms with van der Waals surface area (Å²) < 4.78 is 0. The second-order valence-electron chi connectivity index (χ2n) is 3.71. The molecule has 1 aromatic carbocycles. The van der Waals surface area contributed by atoms with E-state index in [-0.39, 0.29) is 0 Å². The molecule has 0 aliphatic carbocycles. The van der Waals surface area contributed by atoms with Gasteiger partial charge in [0, 0.05) is 5.69 Å². The molecule has 0 bridgehead atoms. The Hall–Kier alpha value is -2.03. The van der Waals surface area contributed by atoms with Gasteiger partial charge >= 0.3 is 0 Å². The molecule has 0 atom stereocenters. The molecule has 1 aromatic heterocycles. The first-order chi connectivity index (χ1) is 7.75. The van der Waals surface area contributed by atoms with E-state index in [0.29, 0.717) is 6.54 Å². The molecular formula is C13H15N3. The summed E-state index contributed by atoms with van der Waals surface area (Å²) >= 11 is 0. The fraction of sp³-hybridized carbons (Fsp3) is 0.154. The molecule has 2 aromatic rings. The second kappa shape index (κ2) is 4.66. The van der Waals surface area contributed by atoms with E-state index >= 15 is 0 Å². The number of benzene rings is 1. The first-order valence-corrected chi connectivity index (χ1v) is 5.26. The summed E-state index contributed by atoms with van der Waals surface area (Å²) in [6.07, 6.45) is 0. The van der Waals surface area contributed by atoms with Crippen molar-refractivity contribution in [3.63, 3.8) is 0 Å². The van der Waals surface area contributed by atoms with E-state index < -0.39 is 0 Å². The molecule has 82 valence electrons. The topological polar surface area (TPSA) is 50.9 Å². The molecule has 0 radical (unpaired) electrons. The van der Waals surface area contributed by atoms with Crippen LogP contribution in [0.15, 0.2) is 42.5 Å². The van der Waals surface area contributed by atoms with Crippen molar-refractivity contribution in [3.8, 4) is 0 Å². The first kappa shape index (κ1) is 10.5. The number of nitrogens with zero attached hydrogens (tertiary/aromatic N) is 1. The lowest BCUT2D eigenvalue weighted by molar-refractivity contribution is 1.02. The number of para-hydroxylation sites is 2. The number of nitrogens with two attached hydrogens (primary N) is 1. The molecular weight excluding hydrogens is 198 g/mol. The Balaban J connectivity index is 2.05. The predicted molar refractivity (Wildman–Crippen MR) is 67.2 cm³/mol. The molecule has 0 spiro atoms. The Morgan fingerprint density at radius 3 is 2.69 bits per heavy atom. The van der Waals surface area contributed by atoms with Crippen LogP contribution in [0.3, 0.4) is 0 Å². The zero-order chi connectivity index (χ0) is 11.4. The van der Waals surface area contributed by atoms with Gasteiger partial charge in [-0.05, 0) is 31.2 Å². The summed E-state index contributed by atoms with van der Waals surface area (Å²) in [5.74, 6) is 0. The third-order valence-electron chi connectivity index (χ3n) is 2.37. The highest BCUT2D eigenvalue weighted by Gasteiger charge is 1.98. The monoisotopic (exact) mass is 213 g/mol. The Labute approximate surface area is 95.3 Å². The second-order valence-corrected chi connectivity index (χ2v) is 3.71. The minimum absolute atomic E-state index is 0.690. The maximum Gasteiger partial charge on any atom is 0.0597 e. The van der Waals surface area contributed by atoms with Crippen molar-refractivity contribution in [2.75, 3.05) is 11.1 Å². The standard InChI is InChI=1S/C13H15N3/c1-10-5-4-6-11(16-10)9-15-13-8-3-2-7-12(13)14/h2-8,15H,9,14H2,1H3. The number of nitrogens with one attached hydrogen (secondary N) is 1. The van der Waals surface area contributed by atoms with Crippen LogP contribution in [0.5, 0.6) is 0 Å². The molecule has 0 aliphatic rings. The lowest BCUT2D eigenvalue weighted by Gasteiger charge is -2.08. The number of aromatic nitrogens is 1. The number of hydrogen-bond donors (Lipinski definition) is 2. The van der Waals surface area contributed by atoms with Crippen molar-refractivity contribution in [1.29, 1.82) is 0 Å². The third kappa shape index (κ3) is 2.51. The molecule has 3 N–H and O–H groups in total. The van der Waals surface area contributed by atoms with Crippen LogP contribution in [0.25, 0.3) is 0 Å².